The summed E-state index contributed by atoms with van der Waals surface area (Å²) in [4.78, 5) is 6.22. The SMILES string of the molecule is C[C@H](N)c1ccc(Sc2cc(Cl)ccc2Cl)cn1. The lowest BCUT2D eigenvalue weighted by Crippen LogP contribution is -2.06. The molecule has 1 atom stereocenters. The van der Waals surface area contributed by atoms with Gasteiger partial charge >= 0.3 is 0 Å². The third kappa shape index (κ3) is 3.39. The van der Waals surface area contributed by atoms with Crippen LogP contribution in [0.15, 0.2) is 46.3 Å². The van der Waals surface area contributed by atoms with Crippen LogP contribution in [0.1, 0.15) is 18.7 Å². The monoisotopic (exact) mass is 298 g/mol. The number of hydrogen-bond donors (Lipinski definition) is 1. The topological polar surface area (TPSA) is 38.9 Å². The van der Waals surface area contributed by atoms with Gasteiger partial charge in [0.2, 0.25) is 0 Å². The lowest BCUT2D eigenvalue weighted by Gasteiger charge is -2.07. The molecule has 0 aliphatic carbocycles. The van der Waals surface area contributed by atoms with E-state index in [1.165, 1.54) is 11.8 Å². The van der Waals surface area contributed by atoms with E-state index >= 15 is 0 Å². The van der Waals surface area contributed by atoms with Gasteiger partial charge in [-0.1, -0.05) is 35.0 Å². The molecular weight excluding hydrogens is 287 g/mol. The van der Waals surface area contributed by atoms with Crippen LogP contribution >= 0.6 is 35.0 Å². The Morgan fingerprint density at radius 1 is 1.22 bits per heavy atom. The molecule has 1 heterocycles. The Balaban J connectivity index is 2.21. The molecule has 2 N–H and O–H groups in total. The van der Waals surface area contributed by atoms with Crippen molar-refractivity contribution < 1.29 is 0 Å². The van der Waals surface area contributed by atoms with Gasteiger partial charge in [-0.3, -0.25) is 4.98 Å². The molecule has 0 amide bonds. The minimum atomic E-state index is -0.0567. The fourth-order valence-corrected chi connectivity index (χ4v) is 2.72. The summed E-state index contributed by atoms with van der Waals surface area (Å²) in [7, 11) is 0. The molecule has 1 aromatic carbocycles. The largest absolute Gasteiger partial charge is 0.323 e. The highest BCUT2D eigenvalue weighted by atomic mass is 35.5. The molecule has 0 unspecified atom stereocenters. The summed E-state index contributed by atoms with van der Waals surface area (Å²) < 4.78 is 0. The van der Waals surface area contributed by atoms with Crippen LogP contribution in [-0.2, 0) is 0 Å². The van der Waals surface area contributed by atoms with E-state index in [1.54, 1.807) is 18.3 Å². The minimum Gasteiger partial charge on any atom is -0.323 e. The predicted octanol–water partition coefficient (Wildman–Crippen LogP) is 4.56. The number of halogens is 2. The second-order valence-electron chi connectivity index (χ2n) is 3.88. The van der Waals surface area contributed by atoms with Gasteiger partial charge in [-0.25, -0.2) is 0 Å². The average Bonchev–Trinajstić information content (AvgIpc) is 2.34. The number of nitrogens with zero attached hydrogens (tertiary/aromatic N) is 1. The summed E-state index contributed by atoms with van der Waals surface area (Å²) in [5, 5.41) is 1.35. The summed E-state index contributed by atoms with van der Waals surface area (Å²) in [6, 6.07) is 9.24. The van der Waals surface area contributed by atoms with Gasteiger partial charge in [0.1, 0.15) is 0 Å². The molecule has 2 nitrogen and oxygen atoms in total. The van der Waals surface area contributed by atoms with Gasteiger partial charge in [0, 0.05) is 27.1 Å². The van der Waals surface area contributed by atoms with Gasteiger partial charge in [0.05, 0.1) is 10.7 Å². The number of nitrogens with two attached hydrogens (primary N) is 1. The van der Waals surface area contributed by atoms with Crippen molar-refractivity contribution in [3.05, 3.63) is 52.3 Å². The third-order valence-electron chi connectivity index (χ3n) is 2.35. The zero-order valence-electron chi connectivity index (χ0n) is 9.73. The summed E-state index contributed by atoms with van der Waals surface area (Å²) >= 11 is 13.6. The Labute approximate surface area is 121 Å². The number of hydrogen-bond acceptors (Lipinski definition) is 3. The van der Waals surface area contributed by atoms with Gasteiger partial charge in [0.15, 0.2) is 0 Å². The zero-order valence-corrected chi connectivity index (χ0v) is 12.1. The van der Waals surface area contributed by atoms with Crippen molar-refractivity contribution in [3.63, 3.8) is 0 Å². The van der Waals surface area contributed by atoms with Crippen molar-refractivity contribution in [2.45, 2.75) is 22.8 Å². The van der Waals surface area contributed by atoms with Gasteiger partial charge in [0.25, 0.3) is 0 Å². The quantitative estimate of drug-likeness (QED) is 0.903. The molecule has 2 rings (SSSR count). The van der Waals surface area contributed by atoms with Gasteiger partial charge in [-0.15, -0.1) is 0 Å². The fourth-order valence-electron chi connectivity index (χ4n) is 1.40. The van der Waals surface area contributed by atoms with E-state index in [0.29, 0.717) is 10.0 Å². The lowest BCUT2D eigenvalue weighted by molar-refractivity contribution is 0.777. The number of rotatable bonds is 3. The highest BCUT2D eigenvalue weighted by Gasteiger charge is 2.05. The molecule has 18 heavy (non-hydrogen) atoms. The van der Waals surface area contributed by atoms with Crippen LogP contribution in [0, 0.1) is 0 Å². The van der Waals surface area contributed by atoms with Crippen molar-refractivity contribution in [1.29, 1.82) is 0 Å². The van der Waals surface area contributed by atoms with E-state index in [-0.39, 0.29) is 6.04 Å². The van der Waals surface area contributed by atoms with Crippen LogP contribution in [0.25, 0.3) is 0 Å². The van der Waals surface area contributed by atoms with Crippen molar-refractivity contribution in [1.82, 2.24) is 4.98 Å². The zero-order chi connectivity index (χ0) is 13.1. The van der Waals surface area contributed by atoms with E-state index in [2.05, 4.69) is 4.98 Å². The molecule has 0 saturated carbocycles. The first-order valence-electron chi connectivity index (χ1n) is 5.40. The molecule has 5 heteroatoms. The standard InChI is InChI=1S/C13H12Cl2N2S/c1-8(16)12-5-3-10(7-17-12)18-13-6-9(14)2-4-11(13)15/h2-8H,16H2,1H3/t8-/m0/s1. The van der Waals surface area contributed by atoms with Crippen LogP contribution in [0.3, 0.4) is 0 Å². The summed E-state index contributed by atoms with van der Waals surface area (Å²) in [5.41, 5.74) is 6.62. The highest BCUT2D eigenvalue weighted by Crippen LogP contribution is 2.34. The Hall–Kier alpha value is -0.740. The van der Waals surface area contributed by atoms with Gasteiger partial charge in [-0.2, -0.15) is 0 Å². The second-order valence-corrected chi connectivity index (χ2v) is 5.84. The van der Waals surface area contributed by atoms with Gasteiger partial charge in [-0.05, 0) is 37.3 Å². The molecule has 0 bridgehead atoms. The number of pyridine rings is 1. The van der Waals surface area contributed by atoms with E-state index < -0.39 is 0 Å². The molecule has 0 saturated heterocycles. The Morgan fingerprint density at radius 2 is 2.00 bits per heavy atom. The smallest absolute Gasteiger partial charge is 0.0569 e. The van der Waals surface area contributed by atoms with Crippen molar-refractivity contribution in [3.8, 4) is 0 Å². The van der Waals surface area contributed by atoms with Crippen LogP contribution in [-0.4, -0.2) is 4.98 Å². The van der Waals surface area contributed by atoms with Crippen LogP contribution in [0.5, 0.6) is 0 Å². The summed E-state index contributed by atoms with van der Waals surface area (Å²) in [6.07, 6.45) is 1.79. The minimum absolute atomic E-state index is 0.0567. The van der Waals surface area contributed by atoms with E-state index in [9.17, 15) is 0 Å². The average molecular weight is 299 g/mol. The van der Waals surface area contributed by atoms with Crippen molar-refractivity contribution in [2.24, 2.45) is 5.73 Å². The number of aromatic nitrogens is 1. The first kappa shape index (κ1) is 13.7. The van der Waals surface area contributed by atoms with Crippen LogP contribution < -0.4 is 5.73 Å². The fraction of sp³-hybridized carbons (Fsp3) is 0.154. The highest BCUT2D eigenvalue weighted by molar-refractivity contribution is 7.99. The lowest BCUT2D eigenvalue weighted by atomic mass is 10.2. The van der Waals surface area contributed by atoms with E-state index in [1.807, 2.05) is 25.1 Å². The maximum Gasteiger partial charge on any atom is 0.0569 e. The molecular formula is C13H12Cl2N2S. The predicted molar refractivity (Wildman–Crippen MR) is 77.4 cm³/mol. The Morgan fingerprint density at radius 3 is 2.61 bits per heavy atom. The molecule has 0 fully saturated rings. The Kier molecular flexibility index (Phi) is 4.51. The van der Waals surface area contributed by atoms with Crippen LogP contribution in [0.4, 0.5) is 0 Å². The molecule has 0 aliphatic rings. The first-order chi connectivity index (χ1) is 8.56. The molecule has 94 valence electrons. The van der Waals surface area contributed by atoms with Crippen molar-refractivity contribution in [2.75, 3.05) is 0 Å². The summed E-state index contributed by atoms with van der Waals surface area (Å²) in [5.74, 6) is 0. The van der Waals surface area contributed by atoms with E-state index in [4.69, 9.17) is 28.9 Å². The van der Waals surface area contributed by atoms with Crippen LogP contribution in [0.2, 0.25) is 10.0 Å². The molecule has 2 aromatic rings. The normalized spacial score (nSPS) is 12.4. The maximum absolute atomic E-state index is 6.11. The maximum atomic E-state index is 6.11. The molecule has 1 aromatic heterocycles. The van der Waals surface area contributed by atoms with Gasteiger partial charge < -0.3 is 5.73 Å². The van der Waals surface area contributed by atoms with Crippen molar-refractivity contribution >= 4 is 35.0 Å². The molecule has 0 aliphatic heterocycles. The number of benzene rings is 1. The Bertz CT molecular complexity index is 541. The molecule has 0 spiro atoms. The molecule has 0 radical (unpaired) electrons. The van der Waals surface area contributed by atoms with E-state index in [0.717, 1.165) is 15.5 Å². The third-order valence-corrected chi connectivity index (χ3v) is 4.06. The second kappa shape index (κ2) is 5.93. The first-order valence-corrected chi connectivity index (χ1v) is 6.98. The summed E-state index contributed by atoms with van der Waals surface area (Å²) in [6.45, 7) is 1.91.